The summed E-state index contributed by atoms with van der Waals surface area (Å²) in [5.41, 5.74) is 2.22. The van der Waals surface area contributed by atoms with Crippen LogP contribution in [0.1, 0.15) is 50.5 Å². The van der Waals surface area contributed by atoms with Gasteiger partial charge in [0.2, 0.25) is 0 Å². The lowest BCUT2D eigenvalue weighted by Gasteiger charge is -2.11. The second-order valence-electron chi connectivity index (χ2n) is 7.23. The highest BCUT2D eigenvalue weighted by Crippen LogP contribution is 2.38. The highest BCUT2D eigenvalue weighted by molar-refractivity contribution is 5.98. The zero-order chi connectivity index (χ0) is 22.6. The van der Waals surface area contributed by atoms with Gasteiger partial charge in [-0.15, -0.1) is 0 Å². The maximum Gasteiger partial charge on any atom is 0.417 e. The Morgan fingerprint density at radius 3 is 2.32 bits per heavy atom. The minimum atomic E-state index is -4.62. The lowest BCUT2D eigenvalue weighted by molar-refractivity contribution is -0.137. The first kappa shape index (κ1) is 22.5. The Labute approximate surface area is 178 Å². The largest absolute Gasteiger partial charge is 0.455 e. The van der Waals surface area contributed by atoms with Crippen molar-refractivity contribution in [2.45, 2.75) is 39.8 Å². The lowest BCUT2D eigenvalue weighted by Crippen LogP contribution is -2.07. The summed E-state index contributed by atoms with van der Waals surface area (Å²) >= 11 is 0. The molecule has 3 aromatic rings. The minimum absolute atomic E-state index is 0.0603. The molecular weight excluding hydrogens is 406 g/mol. The van der Waals surface area contributed by atoms with E-state index in [9.17, 15) is 17.6 Å². The van der Waals surface area contributed by atoms with Crippen LogP contribution in [0.5, 0.6) is 0 Å². The Bertz CT molecular complexity index is 1110. The van der Waals surface area contributed by atoms with Crippen molar-refractivity contribution in [2.75, 3.05) is 0 Å². The zero-order valence-corrected chi connectivity index (χ0v) is 17.6. The molecule has 2 nitrogen and oxygen atoms in total. The molecule has 0 aliphatic rings. The van der Waals surface area contributed by atoms with Crippen LogP contribution >= 0.6 is 0 Å². The molecule has 0 N–H and O–H groups in total. The Hall–Kier alpha value is -3.15. The average Bonchev–Trinajstić information content (AvgIpc) is 3.22. The van der Waals surface area contributed by atoms with E-state index in [0.29, 0.717) is 11.5 Å². The first-order valence-electron chi connectivity index (χ1n) is 9.98. The van der Waals surface area contributed by atoms with Crippen molar-refractivity contribution in [1.82, 2.24) is 0 Å². The molecule has 0 spiro atoms. The summed E-state index contributed by atoms with van der Waals surface area (Å²) in [6.07, 6.45) is -2.84. The van der Waals surface area contributed by atoms with Gasteiger partial charge in [-0.1, -0.05) is 43.7 Å². The van der Waals surface area contributed by atoms with Crippen LogP contribution in [0.2, 0.25) is 0 Å². The van der Waals surface area contributed by atoms with Gasteiger partial charge in [-0.2, -0.15) is 13.2 Å². The number of aliphatic imine (C=N–C) groups is 1. The molecule has 1 heterocycles. The van der Waals surface area contributed by atoms with E-state index in [2.05, 4.69) is 11.9 Å². The summed E-state index contributed by atoms with van der Waals surface area (Å²) in [6, 6.07) is 15.2. The Balaban J connectivity index is 1.99. The molecule has 0 saturated carbocycles. The van der Waals surface area contributed by atoms with Crippen LogP contribution < -0.4 is 0 Å². The molecule has 162 valence electrons. The topological polar surface area (TPSA) is 25.5 Å². The van der Waals surface area contributed by atoms with E-state index in [4.69, 9.17) is 4.42 Å². The van der Waals surface area contributed by atoms with E-state index in [-0.39, 0.29) is 11.3 Å². The Kier molecular flexibility index (Phi) is 6.78. The predicted octanol–water partition coefficient (Wildman–Crippen LogP) is 8.14. The molecule has 1 aromatic heterocycles. The second-order valence-corrected chi connectivity index (χ2v) is 7.23. The van der Waals surface area contributed by atoms with E-state index in [1.807, 2.05) is 37.3 Å². The van der Waals surface area contributed by atoms with Gasteiger partial charge in [-0.3, -0.25) is 4.99 Å². The second kappa shape index (κ2) is 9.33. The van der Waals surface area contributed by atoms with E-state index in [0.717, 1.165) is 47.9 Å². The molecule has 0 radical (unpaired) electrons. The van der Waals surface area contributed by atoms with E-state index in [1.165, 1.54) is 6.07 Å². The third-order valence-electron chi connectivity index (χ3n) is 4.91. The number of halogens is 4. The number of hydrogen-bond donors (Lipinski definition) is 0. The monoisotopic (exact) mass is 429 g/mol. The van der Waals surface area contributed by atoms with Crippen molar-refractivity contribution in [1.29, 1.82) is 0 Å². The minimum Gasteiger partial charge on any atom is -0.455 e. The number of hydrogen-bond acceptors (Lipinski definition) is 2. The number of alkyl halides is 3. The van der Waals surface area contributed by atoms with Crippen LogP contribution in [0.15, 0.2) is 75.8 Å². The summed E-state index contributed by atoms with van der Waals surface area (Å²) in [7, 11) is 0. The Morgan fingerprint density at radius 1 is 0.968 bits per heavy atom. The normalized spacial score (nSPS) is 13.3. The molecule has 2 aromatic carbocycles. The number of nitrogens with zero attached hydrogens (tertiary/aromatic N) is 1. The molecular formula is C25H23F4NO. The van der Waals surface area contributed by atoms with Crippen LogP contribution in [-0.2, 0) is 6.18 Å². The van der Waals surface area contributed by atoms with Gasteiger partial charge in [-0.25, -0.2) is 4.39 Å². The average molecular weight is 429 g/mol. The van der Waals surface area contributed by atoms with Crippen LogP contribution in [0.25, 0.3) is 16.9 Å². The van der Waals surface area contributed by atoms with Crippen molar-refractivity contribution in [2.24, 2.45) is 4.99 Å². The van der Waals surface area contributed by atoms with E-state index >= 15 is 0 Å². The molecule has 0 aliphatic heterocycles. The predicted molar refractivity (Wildman–Crippen MR) is 115 cm³/mol. The van der Waals surface area contributed by atoms with E-state index < -0.39 is 17.6 Å². The standard InChI is InChI=1S/C25H23F4NO/c1-4-8-20(18-9-6-5-7-10-18)16(2)30-17(3)23-13-14-24(31-23)21-15-19(26)11-12-22(21)25(27,28)29/h5-7,9-15H,4,8H2,1-3H3/b20-16+,30-17+. The molecule has 6 heteroatoms. The smallest absolute Gasteiger partial charge is 0.417 e. The maximum atomic E-state index is 13.6. The number of benzene rings is 2. The van der Waals surface area contributed by atoms with Crippen molar-refractivity contribution >= 4 is 11.3 Å². The molecule has 0 amide bonds. The molecule has 0 fully saturated rings. The van der Waals surface area contributed by atoms with Gasteiger partial charge in [0.1, 0.15) is 17.3 Å². The highest BCUT2D eigenvalue weighted by Gasteiger charge is 2.34. The van der Waals surface area contributed by atoms with Crippen LogP contribution in [0.3, 0.4) is 0 Å². The number of rotatable bonds is 6. The van der Waals surface area contributed by atoms with Gasteiger partial charge < -0.3 is 4.42 Å². The van der Waals surface area contributed by atoms with Crippen LogP contribution in [0, 0.1) is 5.82 Å². The summed E-state index contributed by atoms with van der Waals surface area (Å²) in [5.74, 6) is -0.498. The number of furan rings is 1. The zero-order valence-electron chi connectivity index (χ0n) is 17.6. The van der Waals surface area contributed by atoms with Crippen molar-refractivity contribution in [3.8, 4) is 11.3 Å². The molecule has 0 atom stereocenters. The van der Waals surface area contributed by atoms with Gasteiger partial charge in [0, 0.05) is 11.3 Å². The lowest BCUT2D eigenvalue weighted by atomic mass is 10.00. The summed E-state index contributed by atoms with van der Waals surface area (Å²) in [4.78, 5) is 4.64. The Morgan fingerprint density at radius 2 is 1.68 bits per heavy atom. The summed E-state index contributed by atoms with van der Waals surface area (Å²) < 4.78 is 59.3. The molecule has 0 bridgehead atoms. The first-order chi connectivity index (χ1) is 14.7. The highest BCUT2D eigenvalue weighted by atomic mass is 19.4. The van der Waals surface area contributed by atoms with Gasteiger partial charge >= 0.3 is 6.18 Å². The van der Waals surface area contributed by atoms with Crippen molar-refractivity contribution < 1.29 is 22.0 Å². The third-order valence-corrected chi connectivity index (χ3v) is 4.91. The molecule has 0 unspecified atom stereocenters. The van der Waals surface area contributed by atoms with Crippen molar-refractivity contribution in [3.63, 3.8) is 0 Å². The molecule has 3 rings (SSSR count). The van der Waals surface area contributed by atoms with Crippen LogP contribution in [0.4, 0.5) is 17.6 Å². The number of allylic oxidation sites excluding steroid dienone is 2. The molecule has 0 aliphatic carbocycles. The molecule has 31 heavy (non-hydrogen) atoms. The maximum absolute atomic E-state index is 13.6. The first-order valence-corrected chi connectivity index (χ1v) is 9.98. The van der Waals surface area contributed by atoms with Crippen LogP contribution in [-0.4, -0.2) is 5.71 Å². The fourth-order valence-electron chi connectivity index (χ4n) is 3.44. The molecule has 0 saturated heterocycles. The van der Waals surface area contributed by atoms with Gasteiger partial charge in [0.15, 0.2) is 0 Å². The summed E-state index contributed by atoms with van der Waals surface area (Å²) in [5, 5.41) is 0. The third kappa shape index (κ3) is 5.32. The van der Waals surface area contributed by atoms with Crippen molar-refractivity contribution in [3.05, 3.63) is 89.1 Å². The van der Waals surface area contributed by atoms with Gasteiger partial charge in [-0.05, 0) is 61.7 Å². The van der Waals surface area contributed by atoms with Gasteiger partial charge in [0.25, 0.3) is 0 Å². The van der Waals surface area contributed by atoms with E-state index in [1.54, 1.807) is 13.0 Å². The van der Waals surface area contributed by atoms with Gasteiger partial charge in [0.05, 0.1) is 11.3 Å². The fourth-order valence-corrected chi connectivity index (χ4v) is 3.44. The summed E-state index contributed by atoms with van der Waals surface area (Å²) in [6.45, 7) is 5.72. The SMILES string of the molecule is CCC/C(=C(C)\N=C(/C)c1ccc(-c2cc(F)ccc2C(F)(F)F)o1)c1ccccc1. The fraction of sp³-hybridized carbons (Fsp3) is 0.240. The quantitative estimate of drug-likeness (QED) is 0.287.